The van der Waals surface area contributed by atoms with E-state index in [1.165, 1.54) is 12.1 Å². The third-order valence-electron chi connectivity index (χ3n) is 2.62. The van der Waals surface area contributed by atoms with Gasteiger partial charge in [0, 0.05) is 12.6 Å². The Kier molecular flexibility index (Phi) is 4.59. The van der Waals surface area contributed by atoms with Crippen LogP contribution in [0.2, 0.25) is 5.02 Å². The zero-order chi connectivity index (χ0) is 12.1. The molecule has 94 valence electrons. The van der Waals surface area contributed by atoms with Crippen molar-refractivity contribution in [3.63, 3.8) is 0 Å². The largest absolute Gasteiger partial charge is 0.492 e. The minimum Gasteiger partial charge on any atom is -0.492 e. The van der Waals surface area contributed by atoms with Gasteiger partial charge in [0.2, 0.25) is 0 Å². The predicted molar refractivity (Wildman–Crippen MR) is 64.1 cm³/mol. The number of ether oxygens (including phenoxy) is 2. The van der Waals surface area contributed by atoms with Crippen LogP contribution in [0, 0.1) is 5.82 Å². The highest BCUT2D eigenvalue weighted by Gasteiger charge is 2.13. The number of hydrogen-bond acceptors (Lipinski definition) is 3. The van der Waals surface area contributed by atoms with E-state index in [1.807, 2.05) is 0 Å². The summed E-state index contributed by atoms with van der Waals surface area (Å²) in [4.78, 5) is 0. The molecule has 1 N–H and O–H groups in total. The SMILES string of the molecule is Fc1ccc(OCCC2COCCN2)c(Cl)c1. The fourth-order valence-corrected chi connectivity index (χ4v) is 1.93. The van der Waals surface area contributed by atoms with Gasteiger partial charge in [0.25, 0.3) is 0 Å². The van der Waals surface area contributed by atoms with E-state index in [0.717, 1.165) is 19.6 Å². The highest BCUT2D eigenvalue weighted by Crippen LogP contribution is 2.24. The van der Waals surface area contributed by atoms with Gasteiger partial charge < -0.3 is 14.8 Å². The highest BCUT2D eigenvalue weighted by atomic mass is 35.5. The molecule has 1 heterocycles. The van der Waals surface area contributed by atoms with Crippen LogP contribution in [0.4, 0.5) is 4.39 Å². The maximum absolute atomic E-state index is 12.8. The molecule has 1 fully saturated rings. The van der Waals surface area contributed by atoms with E-state index in [-0.39, 0.29) is 5.82 Å². The standard InChI is InChI=1S/C12H15ClFNO2/c13-11-7-9(14)1-2-12(11)17-5-3-10-8-16-6-4-15-10/h1-2,7,10,15H,3-6,8H2. The van der Waals surface area contributed by atoms with E-state index in [4.69, 9.17) is 21.1 Å². The molecule has 0 bridgehead atoms. The Balaban J connectivity index is 1.77. The fraction of sp³-hybridized carbons (Fsp3) is 0.500. The number of benzene rings is 1. The Hall–Kier alpha value is -0.840. The Morgan fingerprint density at radius 2 is 2.41 bits per heavy atom. The molecule has 1 aromatic rings. The molecule has 0 amide bonds. The van der Waals surface area contributed by atoms with Gasteiger partial charge >= 0.3 is 0 Å². The van der Waals surface area contributed by atoms with E-state index in [1.54, 1.807) is 6.07 Å². The molecule has 0 aromatic heterocycles. The van der Waals surface area contributed by atoms with Crippen LogP contribution >= 0.6 is 11.6 Å². The first kappa shape index (κ1) is 12.6. The molecule has 0 saturated carbocycles. The average Bonchev–Trinajstić information content (AvgIpc) is 2.33. The van der Waals surface area contributed by atoms with Crippen molar-refractivity contribution in [2.24, 2.45) is 0 Å². The number of rotatable bonds is 4. The van der Waals surface area contributed by atoms with E-state index in [2.05, 4.69) is 5.32 Å². The highest BCUT2D eigenvalue weighted by molar-refractivity contribution is 6.32. The molecule has 3 nitrogen and oxygen atoms in total. The van der Waals surface area contributed by atoms with Crippen LogP contribution in [0.5, 0.6) is 5.75 Å². The third-order valence-corrected chi connectivity index (χ3v) is 2.91. The van der Waals surface area contributed by atoms with E-state index in [9.17, 15) is 4.39 Å². The van der Waals surface area contributed by atoms with Gasteiger partial charge in [-0.3, -0.25) is 0 Å². The Labute approximate surface area is 105 Å². The summed E-state index contributed by atoms with van der Waals surface area (Å²) in [5.74, 6) is 0.162. The lowest BCUT2D eigenvalue weighted by Gasteiger charge is -2.23. The van der Waals surface area contributed by atoms with Gasteiger partial charge in [0.1, 0.15) is 11.6 Å². The van der Waals surface area contributed by atoms with Crippen molar-refractivity contribution in [2.45, 2.75) is 12.5 Å². The predicted octanol–water partition coefficient (Wildman–Crippen LogP) is 2.24. The molecule has 2 rings (SSSR count). The van der Waals surface area contributed by atoms with Crippen molar-refractivity contribution in [1.29, 1.82) is 0 Å². The number of hydrogen-bond donors (Lipinski definition) is 1. The molecule has 17 heavy (non-hydrogen) atoms. The van der Waals surface area contributed by atoms with Crippen molar-refractivity contribution < 1.29 is 13.9 Å². The molecule has 1 aliphatic heterocycles. The summed E-state index contributed by atoms with van der Waals surface area (Å²) in [7, 11) is 0. The smallest absolute Gasteiger partial charge is 0.138 e. The zero-order valence-corrected chi connectivity index (χ0v) is 10.2. The molecule has 5 heteroatoms. The third kappa shape index (κ3) is 3.84. The molecular formula is C12H15ClFNO2. The van der Waals surface area contributed by atoms with Gasteiger partial charge in [-0.1, -0.05) is 11.6 Å². The van der Waals surface area contributed by atoms with Gasteiger partial charge in [-0.25, -0.2) is 4.39 Å². The quantitative estimate of drug-likeness (QED) is 0.900. The maximum Gasteiger partial charge on any atom is 0.138 e. The van der Waals surface area contributed by atoms with Crippen molar-refractivity contribution >= 4 is 11.6 Å². The summed E-state index contributed by atoms with van der Waals surface area (Å²) >= 11 is 5.85. The summed E-state index contributed by atoms with van der Waals surface area (Å²) in [6.45, 7) is 2.88. The van der Waals surface area contributed by atoms with Gasteiger partial charge in [0.15, 0.2) is 0 Å². The van der Waals surface area contributed by atoms with E-state index in [0.29, 0.717) is 30.0 Å². The minimum absolute atomic E-state index is 0.304. The zero-order valence-electron chi connectivity index (χ0n) is 9.42. The molecule has 0 aliphatic carbocycles. The Bertz CT molecular complexity index is 370. The maximum atomic E-state index is 12.8. The van der Waals surface area contributed by atoms with Crippen LogP contribution in [-0.4, -0.2) is 32.4 Å². The minimum atomic E-state index is -0.357. The molecule has 0 radical (unpaired) electrons. The normalized spacial score (nSPS) is 20.2. The fourth-order valence-electron chi connectivity index (χ4n) is 1.71. The van der Waals surface area contributed by atoms with Crippen molar-refractivity contribution in [2.75, 3.05) is 26.4 Å². The summed E-state index contributed by atoms with van der Waals surface area (Å²) in [5.41, 5.74) is 0. The average molecular weight is 260 g/mol. The number of nitrogens with one attached hydrogen (secondary N) is 1. The first-order chi connectivity index (χ1) is 8.25. The Morgan fingerprint density at radius 1 is 1.53 bits per heavy atom. The lowest BCUT2D eigenvalue weighted by molar-refractivity contribution is 0.0691. The van der Waals surface area contributed by atoms with Crippen LogP contribution in [0.3, 0.4) is 0 Å². The second kappa shape index (κ2) is 6.19. The van der Waals surface area contributed by atoms with Gasteiger partial charge in [-0.05, 0) is 24.6 Å². The molecule has 1 aliphatic rings. The van der Waals surface area contributed by atoms with Crippen LogP contribution in [0.15, 0.2) is 18.2 Å². The van der Waals surface area contributed by atoms with Gasteiger partial charge in [-0.2, -0.15) is 0 Å². The number of halogens is 2. The molecule has 1 unspecified atom stereocenters. The molecular weight excluding hydrogens is 245 g/mol. The van der Waals surface area contributed by atoms with Crippen molar-refractivity contribution in [3.05, 3.63) is 29.0 Å². The van der Waals surface area contributed by atoms with Crippen LogP contribution < -0.4 is 10.1 Å². The van der Waals surface area contributed by atoms with Crippen LogP contribution in [-0.2, 0) is 4.74 Å². The summed E-state index contributed by atoms with van der Waals surface area (Å²) in [5, 5.41) is 3.63. The molecule has 1 aromatic carbocycles. The van der Waals surface area contributed by atoms with Crippen molar-refractivity contribution in [3.8, 4) is 5.75 Å². The van der Waals surface area contributed by atoms with Crippen molar-refractivity contribution in [1.82, 2.24) is 5.32 Å². The molecule has 1 saturated heterocycles. The van der Waals surface area contributed by atoms with Gasteiger partial charge in [0.05, 0.1) is 24.8 Å². The van der Waals surface area contributed by atoms with Crippen LogP contribution in [0.25, 0.3) is 0 Å². The summed E-state index contributed by atoms with van der Waals surface area (Å²) in [6, 6.07) is 4.45. The first-order valence-corrected chi connectivity index (χ1v) is 6.02. The number of morpholine rings is 1. The van der Waals surface area contributed by atoms with Crippen LogP contribution in [0.1, 0.15) is 6.42 Å². The van der Waals surface area contributed by atoms with E-state index < -0.39 is 0 Å². The molecule has 1 atom stereocenters. The summed E-state index contributed by atoms with van der Waals surface area (Å²) in [6.07, 6.45) is 0.841. The Morgan fingerprint density at radius 3 is 3.12 bits per heavy atom. The second-order valence-corrected chi connectivity index (χ2v) is 4.35. The molecule has 0 spiro atoms. The van der Waals surface area contributed by atoms with E-state index >= 15 is 0 Å². The lowest BCUT2D eigenvalue weighted by Crippen LogP contribution is -2.41. The monoisotopic (exact) mass is 259 g/mol. The lowest BCUT2D eigenvalue weighted by atomic mass is 10.2. The van der Waals surface area contributed by atoms with Gasteiger partial charge in [-0.15, -0.1) is 0 Å². The topological polar surface area (TPSA) is 30.5 Å². The first-order valence-electron chi connectivity index (χ1n) is 5.64. The second-order valence-electron chi connectivity index (χ2n) is 3.94. The summed E-state index contributed by atoms with van der Waals surface area (Å²) < 4.78 is 23.6.